The number of aliphatic hydroxyl groups is 5. The maximum absolute atomic E-state index is 13.9. The summed E-state index contributed by atoms with van der Waals surface area (Å²) in [4.78, 5) is 53.8. The van der Waals surface area contributed by atoms with E-state index in [-0.39, 0.29) is 31.7 Å². The van der Waals surface area contributed by atoms with Gasteiger partial charge in [-0.2, -0.15) is 0 Å². The van der Waals surface area contributed by atoms with Crippen LogP contribution >= 0.6 is 0 Å². The highest BCUT2D eigenvalue weighted by molar-refractivity contribution is 7.89. The average molecular weight is 1010 g/mol. The van der Waals surface area contributed by atoms with E-state index in [1.165, 1.54) is 14.0 Å². The molecule has 4 amide bonds. The summed E-state index contributed by atoms with van der Waals surface area (Å²) in [6, 6.07) is -5.17. The van der Waals surface area contributed by atoms with Crippen LogP contribution in [0, 0.1) is 5.92 Å². The monoisotopic (exact) mass is 1010 g/mol. The van der Waals surface area contributed by atoms with Gasteiger partial charge in [-0.1, -0.05) is 0 Å². The third-order valence-electron chi connectivity index (χ3n) is 10.6. The molecule has 3 aliphatic rings. The zero-order chi connectivity index (χ0) is 52.7. The van der Waals surface area contributed by atoms with Gasteiger partial charge in [0.25, 0.3) is 0 Å². The topological polar surface area (TPSA) is 332 Å². The Labute approximate surface area is 405 Å². The molecule has 0 radical (unpaired) electrons. The SMILES string of the molecule is CN(C(=O)OC(C)(C)C)[C@@H]1[C@@H](O)[C@@H](O[C@@H]2[C@@H](O)[C@H](C3OC(CNCC(O)CO)=CC[C@H]3NC(=O)OC(C)(C)C)[C@@H](NC(=O)OC(C)(C)C)C[C@H]2NS(=O)(=O)CCNC(=O)OC(C)(C)C)OC[C@]1(C)O. The van der Waals surface area contributed by atoms with Gasteiger partial charge in [0.2, 0.25) is 10.0 Å². The molecule has 2 aliphatic heterocycles. The van der Waals surface area contributed by atoms with E-state index in [1.54, 1.807) is 89.2 Å². The van der Waals surface area contributed by atoms with Crippen molar-refractivity contribution >= 4 is 34.4 Å². The number of carbonyl (C=O) groups is 4. The molecule has 0 bridgehead atoms. The summed E-state index contributed by atoms with van der Waals surface area (Å²) in [6.07, 6.45) is -11.9. The van der Waals surface area contributed by atoms with Crippen LogP contribution in [0.4, 0.5) is 19.2 Å². The van der Waals surface area contributed by atoms with Crippen LogP contribution in [0.25, 0.3) is 0 Å². The summed E-state index contributed by atoms with van der Waals surface area (Å²) in [5.41, 5.74) is -5.71. The summed E-state index contributed by atoms with van der Waals surface area (Å²) >= 11 is 0. The van der Waals surface area contributed by atoms with Crippen molar-refractivity contribution in [2.75, 3.05) is 45.6 Å². The third-order valence-corrected chi connectivity index (χ3v) is 12.0. The summed E-state index contributed by atoms with van der Waals surface area (Å²) in [6.45, 7) is 19.4. The molecule has 3 rings (SSSR count). The Bertz CT molecular complexity index is 1880. The van der Waals surface area contributed by atoms with E-state index in [0.29, 0.717) is 0 Å². The minimum atomic E-state index is -4.43. The predicted octanol–water partition coefficient (Wildman–Crippen LogP) is 0.671. The van der Waals surface area contributed by atoms with Gasteiger partial charge < -0.3 is 84.9 Å². The lowest BCUT2D eigenvalue weighted by molar-refractivity contribution is -0.305. The van der Waals surface area contributed by atoms with E-state index in [2.05, 4.69) is 26.0 Å². The third kappa shape index (κ3) is 19.4. The molecule has 1 saturated carbocycles. The lowest BCUT2D eigenvalue weighted by Gasteiger charge is -2.52. The van der Waals surface area contributed by atoms with Gasteiger partial charge in [-0.05, 0) is 109 Å². The molecule has 1 aliphatic carbocycles. The molecule has 25 heteroatoms. The van der Waals surface area contributed by atoms with Crippen LogP contribution < -0.4 is 26.0 Å². The zero-order valence-corrected chi connectivity index (χ0v) is 43.3. The Balaban J connectivity index is 2.19. The number of hydrogen-bond donors (Lipinski definition) is 10. The number of nitrogens with one attached hydrogen (secondary N) is 5. The summed E-state index contributed by atoms with van der Waals surface area (Å²) in [5, 5.41) is 66.5. The quantitative estimate of drug-likeness (QED) is 0.0950. The first-order valence-corrected chi connectivity index (χ1v) is 24.7. The Kier molecular flexibility index (Phi) is 20.4. The van der Waals surface area contributed by atoms with Gasteiger partial charge in [-0.15, -0.1) is 0 Å². The van der Waals surface area contributed by atoms with Crippen molar-refractivity contribution in [2.45, 2.75) is 192 Å². The molecule has 2 unspecified atom stereocenters. The number of hydrogen-bond acceptors (Lipinski definition) is 19. The average Bonchev–Trinajstić information content (AvgIpc) is 3.14. The van der Waals surface area contributed by atoms with Crippen molar-refractivity contribution in [1.29, 1.82) is 0 Å². The molecule has 10 N–H and O–H groups in total. The maximum atomic E-state index is 13.9. The van der Waals surface area contributed by atoms with Crippen LogP contribution in [0.15, 0.2) is 11.8 Å². The number of amides is 4. The van der Waals surface area contributed by atoms with Crippen molar-refractivity contribution in [3.05, 3.63) is 11.8 Å². The first-order chi connectivity index (χ1) is 31.4. The Morgan fingerprint density at radius 2 is 1.38 bits per heavy atom. The number of alkyl carbamates (subject to hydrolysis) is 3. The number of sulfonamides is 1. The van der Waals surface area contributed by atoms with Gasteiger partial charge in [-0.25, -0.2) is 32.3 Å². The standard InChI is InChI=1S/C44H80N6O18S/c1-40(2,3)65-36(55)46-17-18-69(60,61)49-28-19-27(48-38(57)67-42(7,8)9)29(32-26(47-37(56)66-41(4,5)6)16-15-25(63-32)21-45-20-24(52)22-51)30(53)33(28)64-35-31(54)34(44(13,59)23-62-35)50(14)39(58)68-43(10,11)12/h15,24,26-35,45,49,51-54,59H,16-23H2,1-14H3,(H,46,55)(H,47,56)(H,48,57)/t24?,26-,27+,28-,29-,30+,31-,32?,33+,34-,35-,44+/m1/s1. The van der Waals surface area contributed by atoms with E-state index in [0.717, 1.165) is 4.90 Å². The zero-order valence-electron chi connectivity index (χ0n) is 42.5. The van der Waals surface area contributed by atoms with Gasteiger partial charge >= 0.3 is 24.4 Å². The van der Waals surface area contributed by atoms with Crippen LogP contribution in [0.5, 0.6) is 0 Å². The molecule has 0 aromatic heterocycles. The van der Waals surface area contributed by atoms with Gasteiger partial charge in [-0.3, -0.25) is 0 Å². The molecule has 0 aromatic carbocycles. The van der Waals surface area contributed by atoms with Crippen LogP contribution in [-0.2, 0) is 43.2 Å². The lowest BCUT2D eigenvalue weighted by atomic mass is 9.72. The summed E-state index contributed by atoms with van der Waals surface area (Å²) in [7, 11) is -3.13. The lowest BCUT2D eigenvalue weighted by Crippen LogP contribution is -2.71. The minimum Gasteiger partial charge on any atom is -0.491 e. The molecule has 2 heterocycles. The molecule has 24 nitrogen and oxygen atoms in total. The fraction of sp³-hybridized carbons (Fsp3) is 0.864. The molecular weight excluding hydrogens is 933 g/mol. The van der Waals surface area contributed by atoms with Crippen LogP contribution in [0.3, 0.4) is 0 Å². The largest absolute Gasteiger partial charge is 0.491 e. The van der Waals surface area contributed by atoms with E-state index < -0.39 is 155 Å². The minimum absolute atomic E-state index is 0.00599. The van der Waals surface area contributed by atoms with E-state index in [1.807, 2.05) is 0 Å². The number of aliphatic hydroxyl groups excluding tert-OH is 4. The number of carbonyl (C=O) groups excluding carboxylic acids is 4. The number of rotatable bonds is 16. The second kappa shape index (κ2) is 23.6. The number of nitrogens with zero attached hydrogens (tertiary/aromatic N) is 1. The van der Waals surface area contributed by atoms with E-state index in [9.17, 15) is 53.1 Å². The normalized spacial score (nSPS) is 29.6. The predicted molar refractivity (Wildman–Crippen MR) is 248 cm³/mol. The fourth-order valence-electron chi connectivity index (χ4n) is 7.98. The molecular formula is C44H80N6O18S. The second-order valence-corrected chi connectivity index (χ2v) is 23.8. The van der Waals surface area contributed by atoms with Crippen molar-refractivity contribution in [2.24, 2.45) is 5.92 Å². The Morgan fingerprint density at radius 3 is 1.91 bits per heavy atom. The maximum Gasteiger partial charge on any atom is 0.410 e. The van der Waals surface area contributed by atoms with Crippen molar-refractivity contribution < 1.29 is 86.3 Å². The van der Waals surface area contributed by atoms with Gasteiger partial charge in [0, 0.05) is 32.1 Å². The van der Waals surface area contributed by atoms with Crippen LogP contribution in [0.1, 0.15) is 103 Å². The highest BCUT2D eigenvalue weighted by Crippen LogP contribution is 2.39. The fourth-order valence-corrected chi connectivity index (χ4v) is 9.16. The van der Waals surface area contributed by atoms with E-state index in [4.69, 9.17) is 33.2 Å². The molecule has 12 atom stereocenters. The molecule has 1 saturated heterocycles. The van der Waals surface area contributed by atoms with Crippen molar-refractivity contribution in [3.8, 4) is 0 Å². The van der Waals surface area contributed by atoms with Crippen molar-refractivity contribution in [1.82, 2.24) is 30.9 Å². The van der Waals surface area contributed by atoms with Gasteiger partial charge in [0.15, 0.2) is 6.29 Å². The Hall–Kier alpha value is -3.79. The molecule has 0 aromatic rings. The van der Waals surface area contributed by atoms with Crippen LogP contribution in [-0.4, -0.2) is 198 Å². The van der Waals surface area contributed by atoms with Crippen molar-refractivity contribution in [3.63, 3.8) is 0 Å². The second-order valence-electron chi connectivity index (χ2n) is 21.9. The van der Waals surface area contributed by atoms with E-state index >= 15 is 0 Å². The summed E-state index contributed by atoms with van der Waals surface area (Å²) in [5.74, 6) is -1.75. The molecule has 69 heavy (non-hydrogen) atoms. The first-order valence-electron chi connectivity index (χ1n) is 23.0. The summed E-state index contributed by atoms with van der Waals surface area (Å²) < 4.78 is 71.1. The molecule has 2 fully saturated rings. The number of likely N-dealkylation sites (N-methyl/N-ethyl adjacent to an activating group) is 1. The molecule has 0 spiro atoms. The van der Waals surface area contributed by atoms with Crippen LogP contribution in [0.2, 0.25) is 0 Å². The smallest absolute Gasteiger partial charge is 0.410 e. The first kappa shape index (κ1) is 59.5. The van der Waals surface area contributed by atoms with Gasteiger partial charge in [0.1, 0.15) is 52.1 Å². The molecule has 400 valence electrons. The van der Waals surface area contributed by atoms with Gasteiger partial charge in [0.05, 0.1) is 55.8 Å². The highest BCUT2D eigenvalue weighted by Gasteiger charge is 2.57. The number of ether oxygens (including phenoxy) is 7. The Morgan fingerprint density at radius 1 is 0.841 bits per heavy atom. The highest BCUT2D eigenvalue weighted by atomic mass is 32.2.